The van der Waals surface area contributed by atoms with Crippen LogP contribution >= 0.6 is 0 Å². The van der Waals surface area contributed by atoms with Crippen LogP contribution in [0.25, 0.3) is 43.1 Å². The SMILES string of the molecule is c1ccc(C2N(Cc3c4ccccc4cc4ccccc34)C3CCCCC3N2Cc2c3ccccc3cc3ccccc23)nc1. The topological polar surface area (TPSA) is 19.4 Å². The molecule has 1 aliphatic carbocycles. The highest BCUT2D eigenvalue weighted by atomic mass is 15.5. The Hall–Kier alpha value is -4.57. The highest BCUT2D eigenvalue weighted by molar-refractivity contribution is 6.03. The minimum atomic E-state index is 0.0924. The Balaban J connectivity index is 1.23. The second-order valence-corrected chi connectivity index (χ2v) is 13.0. The van der Waals surface area contributed by atoms with Crippen molar-refractivity contribution in [3.8, 4) is 0 Å². The molecule has 0 bridgehead atoms. The summed E-state index contributed by atoms with van der Waals surface area (Å²) in [6.07, 6.45) is 7.10. The molecule has 0 amide bonds. The van der Waals surface area contributed by atoms with E-state index >= 15 is 0 Å². The summed E-state index contributed by atoms with van der Waals surface area (Å²) in [6.45, 7) is 1.80. The number of hydrogen-bond donors (Lipinski definition) is 0. The average molecular weight is 584 g/mol. The Bertz CT molecular complexity index is 1930. The molecule has 1 saturated heterocycles. The lowest BCUT2D eigenvalue weighted by molar-refractivity contribution is 0.0999. The van der Waals surface area contributed by atoms with Gasteiger partial charge in [0.2, 0.25) is 0 Å². The van der Waals surface area contributed by atoms with Crippen molar-refractivity contribution in [1.82, 2.24) is 14.8 Å². The van der Waals surface area contributed by atoms with Gasteiger partial charge in [0.05, 0.1) is 5.69 Å². The third-order valence-electron chi connectivity index (χ3n) is 10.6. The molecule has 2 aliphatic rings. The quantitative estimate of drug-likeness (QED) is 0.188. The van der Waals surface area contributed by atoms with Crippen LogP contribution in [-0.2, 0) is 13.1 Å². The molecule has 2 fully saturated rings. The van der Waals surface area contributed by atoms with E-state index in [4.69, 9.17) is 4.98 Å². The molecule has 9 rings (SSSR count). The van der Waals surface area contributed by atoms with Crippen molar-refractivity contribution in [3.63, 3.8) is 0 Å². The first-order valence-corrected chi connectivity index (χ1v) is 16.5. The van der Waals surface area contributed by atoms with Crippen molar-refractivity contribution in [1.29, 1.82) is 0 Å². The predicted molar refractivity (Wildman–Crippen MR) is 187 cm³/mol. The zero-order valence-electron chi connectivity index (χ0n) is 25.5. The van der Waals surface area contributed by atoms with Crippen LogP contribution in [0, 0.1) is 0 Å². The largest absolute Gasteiger partial charge is 0.274 e. The van der Waals surface area contributed by atoms with Gasteiger partial charge in [0.25, 0.3) is 0 Å². The van der Waals surface area contributed by atoms with Crippen LogP contribution in [0.3, 0.4) is 0 Å². The number of hydrogen-bond acceptors (Lipinski definition) is 3. The fourth-order valence-electron chi connectivity index (χ4n) is 8.62. The van der Waals surface area contributed by atoms with Crippen LogP contribution in [0.2, 0.25) is 0 Å². The monoisotopic (exact) mass is 583 g/mol. The maximum atomic E-state index is 5.07. The van der Waals surface area contributed by atoms with Gasteiger partial charge in [0, 0.05) is 31.4 Å². The van der Waals surface area contributed by atoms with Crippen LogP contribution in [0.4, 0.5) is 0 Å². The lowest BCUT2D eigenvalue weighted by Gasteiger charge is -2.33. The fourth-order valence-corrected chi connectivity index (χ4v) is 8.62. The van der Waals surface area contributed by atoms with E-state index in [0.29, 0.717) is 12.1 Å². The number of rotatable bonds is 5. The summed E-state index contributed by atoms with van der Waals surface area (Å²) in [5.41, 5.74) is 4.03. The van der Waals surface area contributed by atoms with Crippen LogP contribution < -0.4 is 0 Å². The van der Waals surface area contributed by atoms with Gasteiger partial charge in [-0.3, -0.25) is 14.8 Å². The molecule has 2 unspecified atom stereocenters. The van der Waals surface area contributed by atoms with Crippen LogP contribution in [0.1, 0.15) is 48.7 Å². The molecule has 6 aromatic carbocycles. The van der Waals surface area contributed by atoms with E-state index in [1.807, 2.05) is 6.20 Å². The first kappa shape index (κ1) is 26.8. The Morgan fingerprint density at radius 3 is 1.29 bits per heavy atom. The molecule has 3 nitrogen and oxygen atoms in total. The molecule has 0 spiro atoms. The van der Waals surface area contributed by atoms with Gasteiger partial charge in [-0.2, -0.15) is 0 Å². The number of aromatic nitrogens is 1. The van der Waals surface area contributed by atoms with Gasteiger partial charge in [0.1, 0.15) is 6.17 Å². The minimum absolute atomic E-state index is 0.0924. The number of nitrogens with zero attached hydrogens (tertiary/aromatic N) is 3. The van der Waals surface area contributed by atoms with Gasteiger partial charge < -0.3 is 0 Å². The zero-order chi connectivity index (χ0) is 29.7. The Morgan fingerprint density at radius 1 is 0.489 bits per heavy atom. The normalized spacial score (nSPS) is 20.8. The van der Waals surface area contributed by atoms with E-state index in [-0.39, 0.29) is 6.17 Å². The molecular formula is C42H37N3. The van der Waals surface area contributed by atoms with Gasteiger partial charge in [-0.05, 0) is 91.3 Å². The van der Waals surface area contributed by atoms with E-state index in [0.717, 1.165) is 18.8 Å². The van der Waals surface area contributed by atoms with Crippen molar-refractivity contribution in [2.45, 2.75) is 57.0 Å². The molecule has 1 saturated carbocycles. The standard InChI is InChI=1S/C42H37N3/c1-5-17-33-29(13-1)25-30-14-2-6-18-34(30)37(33)27-44-40-22-9-10-23-41(40)45(42(44)39-21-11-12-24-43-39)28-38-35-19-7-3-15-31(35)26-32-16-4-8-20-36(32)38/h1-8,11-21,24-26,40-42H,9-10,22-23,27-28H2. The van der Waals surface area contributed by atoms with Gasteiger partial charge in [-0.1, -0.05) is 116 Å². The summed E-state index contributed by atoms with van der Waals surface area (Å²) in [4.78, 5) is 10.7. The summed E-state index contributed by atoms with van der Waals surface area (Å²) in [5.74, 6) is 0. The summed E-state index contributed by atoms with van der Waals surface area (Å²) < 4.78 is 0. The average Bonchev–Trinajstić information content (AvgIpc) is 3.41. The molecule has 45 heavy (non-hydrogen) atoms. The maximum Gasteiger partial charge on any atom is 0.107 e. The lowest BCUT2D eigenvalue weighted by Crippen LogP contribution is -2.39. The molecule has 7 aromatic rings. The molecule has 1 aliphatic heterocycles. The van der Waals surface area contributed by atoms with E-state index < -0.39 is 0 Å². The van der Waals surface area contributed by atoms with Crippen molar-refractivity contribution >= 4 is 43.1 Å². The van der Waals surface area contributed by atoms with Crippen molar-refractivity contribution < 1.29 is 0 Å². The molecule has 220 valence electrons. The third kappa shape index (κ3) is 4.53. The molecule has 2 atom stereocenters. The van der Waals surface area contributed by atoms with Crippen LogP contribution in [-0.4, -0.2) is 26.9 Å². The molecule has 0 N–H and O–H groups in total. The molecular weight excluding hydrogens is 546 g/mol. The number of benzene rings is 6. The lowest BCUT2D eigenvalue weighted by atomic mass is 9.89. The molecule has 2 heterocycles. The summed E-state index contributed by atoms with van der Waals surface area (Å²) >= 11 is 0. The van der Waals surface area contributed by atoms with Crippen molar-refractivity contribution in [2.75, 3.05) is 0 Å². The Labute approximate surface area is 264 Å². The predicted octanol–water partition coefficient (Wildman–Crippen LogP) is 10.0. The van der Waals surface area contributed by atoms with Crippen LogP contribution in [0.5, 0.6) is 0 Å². The summed E-state index contributed by atoms with van der Waals surface area (Å²) in [6, 6.07) is 48.0. The van der Waals surface area contributed by atoms with E-state index in [1.54, 1.807) is 0 Å². The first-order valence-electron chi connectivity index (χ1n) is 16.5. The zero-order valence-corrected chi connectivity index (χ0v) is 25.5. The third-order valence-corrected chi connectivity index (χ3v) is 10.6. The van der Waals surface area contributed by atoms with Gasteiger partial charge >= 0.3 is 0 Å². The molecule has 1 aromatic heterocycles. The van der Waals surface area contributed by atoms with E-state index in [2.05, 4.69) is 137 Å². The van der Waals surface area contributed by atoms with E-state index in [9.17, 15) is 0 Å². The molecule has 3 heteroatoms. The van der Waals surface area contributed by atoms with Crippen molar-refractivity contribution in [3.05, 3.63) is 150 Å². The second kappa shape index (κ2) is 11.1. The first-order chi connectivity index (χ1) is 22.3. The van der Waals surface area contributed by atoms with Crippen molar-refractivity contribution in [2.24, 2.45) is 0 Å². The maximum absolute atomic E-state index is 5.07. The van der Waals surface area contributed by atoms with Crippen LogP contribution in [0.15, 0.2) is 134 Å². The highest BCUT2D eigenvalue weighted by Crippen LogP contribution is 2.47. The Kier molecular flexibility index (Phi) is 6.61. The highest BCUT2D eigenvalue weighted by Gasteiger charge is 2.49. The number of fused-ring (bicyclic) bond motifs is 5. The van der Waals surface area contributed by atoms with Gasteiger partial charge in [-0.15, -0.1) is 0 Å². The second-order valence-electron chi connectivity index (χ2n) is 13.0. The van der Waals surface area contributed by atoms with Gasteiger partial charge in [-0.25, -0.2) is 0 Å². The van der Waals surface area contributed by atoms with E-state index in [1.165, 1.54) is 79.9 Å². The number of pyridine rings is 1. The summed E-state index contributed by atoms with van der Waals surface area (Å²) in [5, 5.41) is 10.7. The fraction of sp³-hybridized carbons (Fsp3) is 0.214. The Morgan fingerprint density at radius 2 is 0.889 bits per heavy atom. The molecule has 0 radical (unpaired) electrons. The summed E-state index contributed by atoms with van der Waals surface area (Å²) in [7, 11) is 0. The smallest absolute Gasteiger partial charge is 0.107 e. The minimum Gasteiger partial charge on any atom is -0.274 e. The van der Waals surface area contributed by atoms with Gasteiger partial charge in [0.15, 0.2) is 0 Å².